The average Bonchev–Trinajstić information content (AvgIpc) is 2.46. The number of hydrogen-bond acceptors (Lipinski definition) is 5. The molecule has 0 unspecified atom stereocenters. The summed E-state index contributed by atoms with van der Waals surface area (Å²) < 4.78 is 5.96. The van der Waals surface area contributed by atoms with E-state index < -0.39 is 5.97 Å². The summed E-state index contributed by atoms with van der Waals surface area (Å²) in [6, 6.07) is 0. The van der Waals surface area contributed by atoms with E-state index in [4.69, 9.17) is 0 Å². The number of ether oxygens (including phenoxy) is 1. The number of carbonyl (C=O) groups excluding carboxylic acids is 1. The summed E-state index contributed by atoms with van der Waals surface area (Å²) in [6.45, 7) is 4.86. The maximum Gasteiger partial charge on any atom is 0.327 e. The molecule has 0 saturated heterocycles. The van der Waals surface area contributed by atoms with Crippen molar-refractivity contribution in [2.45, 2.75) is 33.2 Å². The highest BCUT2D eigenvalue weighted by molar-refractivity contribution is 9.10. The van der Waals surface area contributed by atoms with Gasteiger partial charge in [0.15, 0.2) is 0 Å². The Balaban J connectivity index is 2.83. The van der Waals surface area contributed by atoms with E-state index in [0.29, 0.717) is 16.1 Å². The number of aromatic nitrogens is 2. The van der Waals surface area contributed by atoms with Crippen LogP contribution in [0.4, 0.5) is 5.69 Å². The van der Waals surface area contributed by atoms with E-state index in [1.807, 2.05) is 0 Å². The summed E-state index contributed by atoms with van der Waals surface area (Å²) in [6.07, 6.45) is 3.69. The first-order valence-corrected chi connectivity index (χ1v) is 7.39. The zero-order valence-corrected chi connectivity index (χ0v) is 13.6. The van der Waals surface area contributed by atoms with Crippen LogP contribution in [-0.2, 0) is 16.1 Å². The SMILES string of the molecule is CCC(CC)CNc1cnn(CC(=O)OC)c(=O)c1Br. The summed E-state index contributed by atoms with van der Waals surface area (Å²) in [5.74, 6) is 0.0450. The summed E-state index contributed by atoms with van der Waals surface area (Å²) in [5.41, 5.74) is 0.285. The van der Waals surface area contributed by atoms with Gasteiger partial charge in [0.1, 0.15) is 11.0 Å². The Labute approximate surface area is 126 Å². The first-order chi connectivity index (χ1) is 9.53. The minimum Gasteiger partial charge on any atom is -0.468 e. The lowest BCUT2D eigenvalue weighted by Crippen LogP contribution is -2.28. The van der Waals surface area contributed by atoms with Gasteiger partial charge in [0.2, 0.25) is 0 Å². The van der Waals surface area contributed by atoms with E-state index in [1.165, 1.54) is 13.3 Å². The Bertz CT molecular complexity index is 512. The highest BCUT2D eigenvalue weighted by Crippen LogP contribution is 2.17. The largest absolute Gasteiger partial charge is 0.468 e. The Kier molecular flexibility index (Phi) is 6.70. The van der Waals surface area contributed by atoms with Crippen LogP contribution in [0.3, 0.4) is 0 Å². The molecule has 0 atom stereocenters. The van der Waals surface area contributed by atoms with Gasteiger partial charge < -0.3 is 10.1 Å². The molecule has 1 heterocycles. The van der Waals surface area contributed by atoms with Crippen molar-refractivity contribution in [1.29, 1.82) is 0 Å². The van der Waals surface area contributed by atoms with Crippen molar-refractivity contribution in [3.63, 3.8) is 0 Å². The summed E-state index contributed by atoms with van der Waals surface area (Å²) in [5, 5.41) is 7.18. The van der Waals surface area contributed by atoms with Crippen molar-refractivity contribution in [2.75, 3.05) is 19.0 Å². The number of hydrogen-bond donors (Lipinski definition) is 1. The monoisotopic (exact) mass is 345 g/mol. The fraction of sp³-hybridized carbons (Fsp3) is 0.615. The highest BCUT2D eigenvalue weighted by atomic mass is 79.9. The lowest BCUT2D eigenvalue weighted by molar-refractivity contribution is -0.141. The third-order valence-electron chi connectivity index (χ3n) is 3.23. The second-order valence-corrected chi connectivity index (χ2v) is 5.27. The van der Waals surface area contributed by atoms with Crippen molar-refractivity contribution in [1.82, 2.24) is 9.78 Å². The molecule has 112 valence electrons. The van der Waals surface area contributed by atoms with Crippen molar-refractivity contribution < 1.29 is 9.53 Å². The minimum atomic E-state index is -0.510. The quantitative estimate of drug-likeness (QED) is 0.765. The predicted molar refractivity (Wildman–Crippen MR) is 80.8 cm³/mol. The maximum atomic E-state index is 12.0. The molecular formula is C13H20BrN3O3. The van der Waals surface area contributed by atoms with Crippen LogP contribution < -0.4 is 10.9 Å². The fourth-order valence-corrected chi connectivity index (χ4v) is 2.17. The van der Waals surface area contributed by atoms with Crippen LogP contribution in [0.15, 0.2) is 15.5 Å². The standard InChI is InChI=1S/C13H20BrN3O3/c1-4-9(5-2)6-15-10-7-16-17(8-11(18)20-3)13(19)12(10)14/h7,9,15H,4-6,8H2,1-3H3. The van der Waals surface area contributed by atoms with Crippen LogP contribution >= 0.6 is 15.9 Å². The molecule has 1 N–H and O–H groups in total. The molecule has 0 saturated carbocycles. The minimum absolute atomic E-state index is 0.194. The van der Waals surface area contributed by atoms with Crippen molar-refractivity contribution in [3.05, 3.63) is 21.0 Å². The number of carbonyl (C=O) groups is 1. The van der Waals surface area contributed by atoms with E-state index in [9.17, 15) is 9.59 Å². The van der Waals surface area contributed by atoms with Crippen LogP contribution in [0.1, 0.15) is 26.7 Å². The number of methoxy groups -OCH3 is 1. The van der Waals surface area contributed by atoms with E-state index in [-0.39, 0.29) is 12.1 Å². The van der Waals surface area contributed by atoms with Crippen LogP contribution in [0.25, 0.3) is 0 Å². The van der Waals surface area contributed by atoms with Gasteiger partial charge in [-0.3, -0.25) is 9.59 Å². The second kappa shape index (κ2) is 8.04. The Morgan fingerprint density at radius 1 is 1.50 bits per heavy atom. The molecule has 0 aliphatic rings. The fourth-order valence-electron chi connectivity index (χ4n) is 1.72. The van der Waals surface area contributed by atoms with Crippen LogP contribution in [0.2, 0.25) is 0 Å². The molecule has 20 heavy (non-hydrogen) atoms. The lowest BCUT2D eigenvalue weighted by Gasteiger charge is -2.15. The van der Waals surface area contributed by atoms with Gasteiger partial charge in [0.25, 0.3) is 5.56 Å². The highest BCUT2D eigenvalue weighted by Gasteiger charge is 2.12. The van der Waals surface area contributed by atoms with Crippen molar-refractivity contribution in [3.8, 4) is 0 Å². The van der Waals surface area contributed by atoms with Gasteiger partial charge in [-0.15, -0.1) is 0 Å². The summed E-state index contributed by atoms with van der Waals surface area (Å²) in [7, 11) is 1.27. The molecular weight excluding hydrogens is 326 g/mol. The molecule has 1 aromatic rings. The predicted octanol–water partition coefficient (Wildman–Crippen LogP) is 2.03. The van der Waals surface area contributed by atoms with Crippen LogP contribution in [-0.4, -0.2) is 29.4 Å². The first-order valence-electron chi connectivity index (χ1n) is 6.59. The lowest BCUT2D eigenvalue weighted by atomic mass is 10.0. The van der Waals surface area contributed by atoms with Gasteiger partial charge in [-0.05, 0) is 21.8 Å². The van der Waals surface area contributed by atoms with E-state index in [2.05, 4.69) is 44.9 Å². The average molecular weight is 346 g/mol. The third kappa shape index (κ3) is 4.33. The van der Waals surface area contributed by atoms with Gasteiger partial charge >= 0.3 is 5.97 Å². The topological polar surface area (TPSA) is 73.2 Å². The van der Waals surface area contributed by atoms with E-state index in [0.717, 1.165) is 24.1 Å². The van der Waals surface area contributed by atoms with Crippen molar-refractivity contribution >= 4 is 27.6 Å². The maximum absolute atomic E-state index is 12.0. The zero-order valence-electron chi connectivity index (χ0n) is 12.0. The molecule has 0 radical (unpaired) electrons. The molecule has 0 amide bonds. The number of nitrogens with one attached hydrogen (secondary N) is 1. The number of esters is 1. The van der Waals surface area contributed by atoms with Gasteiger partial charge in [-0.1, -0.05) is 26.7 Å². The van der Waals surface area contributed by atoms with Gasteiger partial charge in [-0.2, -0.15) is 5.10 Å². The Hall–Kier alpha value is -1.37. The first kappa shape index (κ1) is 16.7. The van der Waals surface area contributed by atoms with E-state index >= 15 is 0 Å². The molecule has 0 fully saturated rings. The molecule has 0 bridgehead atoms. The van der Waals surface area contributed by atoms with Crippen LogP contribution in [0, 0.1) is 5.92 Å². The van der Waals surface area contributed by atoms with Crippen LogP contribution in [0.5, 0.6) is 0 Å². The Morgan fingerprint density at radius 3 is 2.70 bits per heavy atom. The Morgan fingerprint density at radius 2 is 2.15 bits per heavy atom. The molecule has 0 aromatic carbocycles. The summed E-state index contributed by atoms with van der Waals surface area (Å²) in [4.78, 5) is 23.2. The molecule has 0 spiro atoms. The van der Waals surface area contributed by atoms with Crippen molar-refractivity contribution in [2.24, 2.45) is 5.92 Å². The molecule has 0 aliphatic heterocycles. The molecule has 7 heteroatoms. The van der Waals surface area contributed by atoms with Gasteiger partial charge in [0.05, 0.1) is 19.0 Å². The zero-order chi connectivity index (χ0) is 15.1. The number of rotatable bonds is 7. The number of nitrogens with zero attached hydrogens (tertiary/aromatic N) is 2. The summed E-state index contributed by atoms with van der Waals surface area (Å²) >= 11 is 3.25. The van der Waals surface area contributed by atoms with E-state index in [1.54, 1.807) is 0 Å². The third-order valence-corrected chi connectivity index (χ3v) is 3.99. The van der Waals surface area contributed by atoms with Gasteiger partial charge in [0, 0.05) is 6.54 Å². The number of anilines is 1. The molecule has 0 aliphatic carbocycles. The molecule has 1 aromatic heterocycles. The smallest absolute Gasteiger partial charge is 0.327 e. The second-order valence-electron chi connectivity index (χ2n) is 4.47. The number of halogens is 1. The van der Waals surface area contributed by atoms with Gasteiger partial charge in [-0.25, -0.2) is 4.68 Å². The molecule has 1 rings (SSSR count). The normalized spacial score (nSPS) is 10.7. The molecule has 6 nitrogen and oxygen atoms in total.